The molecule has 0 bridgehead atoms. The Morgan fingerprint density at radius 3 is 2.63 bits per heavy atom. The second-order valence-corrected chi connectivity index (χ2v) is 5.78. The predicted molar refractivity (Wildman–Crippen MR) is 83.5 cm³/mol. The van der Waals surface area contributed by atoms with E-state index >= 15 is 0 Å². The van der Waals surface area contributed by atoms with E-state index < -0.39 is 0 Å². The molecule has 0 radical (unpaired) electrons. The third-order valence-electron chi connectivity index (χ3n) is 3.40. The molecule has 1 heterocycles. The van der Waals surface area contributed by atoms with Crippen LogP contribution in [0.2, 0.25) is 0 Å². The third kappa shape index (κ3) is 2.86. The molecule has 1 aromatic heterocycles. The molecule has 1 atom stereocenters. The van der Waals surface area contributed by atoms with Crippen LogP contribution in [0, 0.1) is 0 Å². The van der Waals surface area contributed by atoms with E-state index in [0.29, 0.717) is 6.04 Å². The summed E-state index contributed by atoms with van der Waals surface area (Å²) in [7, 11) is 0. The summed E-state index contributed by atoms with van der Waals surface area (Å²) in [6.45, 7) is 3.12. The lowest BCUT2D eigenvalue weighted by atomic mass is 10.1. The second kappa shape index (κ2) is 5.55. The van der Waals surface area contributed by atoms with Gasteiger partial charge in [-0.2, -0.15) is 0 Å². The highest BCUT2D eigenvalue weighted by atomic mass is 32.1. The Morgan fingerprint density at radius 2 is 1.84 bits per heavy atom. The largest absolute Gasteiger partial charge is 0.305 e. The summed E-state index contributed by atoms with van der Waals surface area (Å²) in [6, 6.07) is 19.9. The van der Waals surface area contributed by atoms with Crippen LogP contribution in [0.3, 0.4) is 0 Å². The van der Waals surface area contributed by atoms with Crippen molar-refractivity contribution in [3.8, 4) is 0 Å². The molecule has 2 aromatic carbocycles. The molecular weight excluding hydrogens is 250 g/mol. The lowest BCUT2D eigenvalue weighted by molar-refractivity contribution is 0.583. The van der Waals surface area contributed by atoms with Gasteiger partial charge in [0.2, 0.25) is 0 Å². The number of benzene rings is 2. The van der Waals surface area contributed by atoms with E-state index in [1.807, 2.05) is 0 Å². The van der Waals surface area contributed by atoms with E-state index in [2.05, 4.69) is 72.2 Å². The van der Waals surface area contributed by atoms with Crippen molar-refractivity contribution in [2.24, 2.45) is 0 Å². The minimum Gasteiger partial charge on any atom is -0.305 e. The van der Waals surface area contributed by atoms with Crippen molar-refractivity contribution in [2.45, 2.75) is 19.5 Å². The van der Waals surface area contributed by atoms with Crippen molar-refractivity contribution >= 4 is 22.1 Å². The molecule has 1 N–H and O–H groups in total. The predicted octanol–water partition coefficient (Wildman–Crippen LogP) is 4.75. The maximum atomic E-state index is 3.58. The molecule has 0 amide bonds. The van der Waals surface area contributed by atoms with Gasteiger partial charge in [-0.3, -0.25) is 0 Å². The first kappa shape index (κ1) is 12.4. The van der Waals surface area contributed by atoms with Gasteiger partial charge in [0.05, 0.1) is 0 Å². The van der Waals surface area contributed by atoms with Crippen LogP contribution in [0.25, 0.3) is 10.8 Å². The van der Waals surface area contributed by atoms with Crippen LogP contribution in [0.4, 0.5) is 0 Å². The Balaban J connectivity index is 1.71. The van der Waals surface area contributed by atoms with Gasteiger partial charge < -0.3 is 5.32 Å². The first-order chi connectivity index (χ1) is 9.33. The van der Waals surface area contributed by atoms with Gasteiger partial charge in [0.25, 0.3) is 0 Å². The molecule has 3 aromatic rings. The zero-order valence-electron chi connectivity index (χ0n) is 11.0. The highest BCUT2D eigenvalue weighted by Crippen LogP contribution is 2.20. The lowest BCUT2D eigenvalue weighted by Crippen LogP contribution is -2.17. The Labute approximate surface area is 117 Å². The van der Waals surface area contributed by atoms with Gasteiger partial charge >= 0.3 is 0 Å². The van der Waals surface area contributed by atoms with Crippen molar-refractivity contribution in [1.82, 2.24) is 5.32 Å². The molecule has 0 spiro atoms. The van der Waals surface area contributed by atoms with Gasteiger partial charge in [-0.25, -0.2) is 0 Å². The number of hydrogen-bond acceptors (Lipinski definition) is 2. The third-order valence-corrected chi connectivity index (χ3v) is 4.45. The first-order valence-corrected chi connectivity index (χ1v) is 7.45. The first-order valence-electron chi connectivity index (χ1n) is 6.57. The maximum absolute atomic E-state index is 3.58. The number of fused-ring (bicyclic) bond motifs is 1. The van der Waals surface area contributed by atoms with Crippen molar-refractivity contribution in [3.05, 3.63) is 70.4 Å². The number of rotatable bonds is 4. The molecule has 0 aliphatic carbocycles. The minimum atomic E-state index is 0.409. The van der Waals surface area contributed by atoms with E-state index in [9.17, 15) is 0 Å². The van der Waals surface area contributed by atoms with Crippen LogP contribution in [-0.4, -0.2) is 0 Å². The summed E-state index contributed by atoms with van der Waals surface area (Å²) in [5.41, 5.74) is 1.34. The molecular formula is C17H17NS. The zero-order chi connectivity index (χ0) is 13.1. The average molecular weight is 267 g/mol. The molecule has 0 aliphatic rings. The summed E-state index contributed by atoms with van der Waals surface area (Å²) in [6.07, 6.45) is 0. The van der Waals surface area contributed by atoms with Crippen LogP contribution in [-0.2, 0) is 6.54 Å². The lowest BCUT2D eigenvalue weighted by Gasteiger charge is -2.12. The van der Waals surface area contributed by atoms with Crippen LogP contribution in [0.1, 0.15) is 23.4 Å². The monoisotopic (exact) mass is 267 g/mol. The van der Waals surface area contributed by atoms with Crippen LogP contribution in [0.15, 0.2) is 60.0 Å². The fourth-order valence-electron chi connectivity index (χ4n) is 2.26. The Bertz CT molecular complexity index is 658. The Morgan fingerprint density at radius 1 is 1.00 bits per heavy atom. The smallest absolute Gasteiger partial charge is 0.0388 e. The topological polar surface area (TPSA) is 12.0 Å². The van der Waals surface area contributed by atoms with Crippen molar-refractivity contribution in [1.29, 1.82) is 0 Å². The van der Waals surface area contributed by atoms with Gasteiger partial charge in [-0.15, -0.1) is 11.3 Å². The van der Waals surface area contributed by atoms with E-state index in [4.69, 9.17) is 0 Å². The Hall–Kier alpha value is -1.64. The van der Waals surface area contributed by atoms with E-state index in [-0.39, 0.29) is 0 Å². The van der Waals surface area contributed by atoms with E-state index in [1.54, 1.807) is 11.3 Å². The standard InChI is InChI=1S/C17H17NS/c1-13(17-7-4-10-19-17)18-12-14-8-9-15-5-2-3-6-16(15)11-14/h2-11,13,18H,12H2,1H3. The van der Waals surface area contributed by atoms with Crippen LogP contribution in [0.5, 0.6) is 0 Å². The normalized spacial score (nSPS) is 12.7. The van der Waals surface area contributed by atoms with Gasteiger partial charge in [-0.05, 0) is 40.8 Å². The SMILES string of the molecule is CC(NCc1ccc2ccccc2c1)c1cccs1. The van der Waals surface area contributed by atoms with Crippen molar-refractivity contribution in [2.75, 3.05) is 0 Å². The summed E-state index contributed by atoms with van der Waals surface area (Å²) >= 11 is 1.81. The summed E-state index contributed by atoms with van der Waals surface area (Å²) < 4.78 is 0. The van der Waals surface area contributed by atoms with Crippen LogP contribution < -0.4 is 5.32 Å². The van der Waals surface area contributed by atoms with Gasteiger partial charge in [0.1, 0.15) is 0 Å². The van der Waals surface area contributed by atoms with Crippen molar-refractivity contribution < 1.29 is 0 Å². The highest BCUT2D eigenvalue weighted by Gasteiger charge is 2.05. The summed E-state index contributed by atoms with van der Waals surface area (Å²) in [4.78, 5) is 1.39. The van der Waals surface area contributed by atoms with Crippen LogP contribution >= 0.6 is 11.3 Å². The average Bonchev–Trinajstić information content (AvgIpc) is 2.99. The summed E-state index contributed by atoms with van der Waals surface area (Å²) in [5, 5.41) is 8.32. The highest BCUT2D eigenvalue weighted by molar-refractivity contribution is 7.10. The zero-order valence-corrected chi connectivity index (χ0v) is 11.8. The number of nitrogens with one attached hydrogen (secondary N) is 1. The van der Waals surface area contributed by atoms with Gasteiger partial charge in [-0.1, -0.05) is 42.5 Å². The minimum absolute atomic E-state index is 0.409. The molecule has 0 saturated heterocycles. The molecule has 3 rings (SSSR count). The second-order valence-electron chi connectivity index (χ2n) is 4.80. The van der Waals surface area contributed by atoms with Crippen molar-refractivity contribution in [3.63, 3.8) is 0 Å². The molecule has 19 heavy (non-hydrogen) atoms. The molecule has 0 aliphatic heterocycles. The molecule has 1 unspecified atom stereocenters. The van der Waals surface area contributed by atoms with Gasteiger partial charge in [0, 0.05) is 17.5 Å². The van der Waals surface area contributed by atoms with Gasteiger partial charge in [0.15, 0.2) is 0 Å². The fourth-order valence-corrected chi connectivity index (χ4v) is 3.02. The molecule has 96 valence electrons. The van der Waals surface area contributed by atoms with E-state index in [1.165, 1.54) is 21.2 Å². The molecule has 0 saturated carbocycles. The van der Waals surface area contributed by atoms with E-state index in [0.717, 1.165) is 6.54 Å². The Kier molecular flexibility index (Phi) is 3.62. The molecule has 0 fully saturated rings. The molecule has 2 heteroatoms. The maximum Gasteiger partial charge on any atom is 0.0388 e. The summed E-state index contributed by atoms with van der Waals surface area (Å²) in [5.74, 6) is 0. The number of thiophene rings is 1. The number of hydrogen-bond donors (Lipinski definition) is 1. The molecule has 1 nitrogen and oxygen atoms in total. The fraction of sp³-hybridized carbons (Fsp3) is 0.176. The quantitative estimate of drug-likeness (QED) is 0.719.